The molecule has 0 rings (SSSR count). The van der Waals surface area contributed by atoms with E-state index < -0.39 is 0 Å². The van der Waals surface area contributed by atoms with Crippen LogP contribution in [0.25, 0.3) is 0 Å². The van der Waals surface area contributed by atoms with Gasteiger partial charge in [0.2, 0.25) is 0 Å². The first-order chi connectivity index (χ1) is 5.77. The van der Waals surface area contributed by atoms with Crippen molar-refractivity contribution in [3.05, 3.63) is 0 Å². The maximum atomic E-state index is 4.35. The molecule has 13 heavy (non-hydrogen) atoms. The van der Waals surface area contributed by atoms with Crippen molar-refractivity contribution in [1.82, 2.24) is 0 Å². The summed E-state index contributed by atoms with van der Waals surface area (Å²) in [4.78, 5) is -0.0662. The van der Waals surface area contributed by atoms with Gasteiger partial charge in [-0.25, -0.2) is 0 Å². The summed E-state index contributed by atoms with van der Waals surface area (Å²) >= 11 is 1.86. The summed E-state index contributed by atoms with van der Waals surface area (Å²) in [6.07, 6.45) is 1.19. The molecule has 0 fully saturated rings. The summed E-state index contributed by atoms with van der Waals surface area (Å²) in [7, 11) is 0. The lowest BCUT2D eigenvalue weighted by atomic mass is 10.1. The summed E-state index contributed by atoms with van der Waals surface area (Å²) in [5.41, 5.74) is -0.0515. The highest BCUT2D eigenvalue weighted by Crippen LogP contribution is 2.27. The number of hydrogen-bond donors (Lipinski definition) is 0. The topological polar surface area (TPSA) is 24.7 Å². The molecule has 0 spiro atoms. The lowest BCUT2D eigenvalue weighted by molar-refractivity contribution is 0.513. The van der Waals surface area contributed by atoms with Crippen LogP contribution in [-0.4, -0.2) is 16.2 Å². The van der Waals surface area contributed by atoms with E-state index in [-0.39, 0.29) is 10.4 Å². The monoisotopic (exact) mass is 202 g/mol. The average molecular weight is 202 g/mol. The van der Waals surface area contributed by atoms with Gasteiger partial charge in [0.1, 0.15) is 4.87 Å². The number of thioether (sulfide) groups is 1. The molecule has 0 atom stereocenters. The van der Waals surface area contributed by atoms with Gasteiger partial charge in [-0.15, -0.1) is 11.8 Å². The van der Waals surface area contributed by atoms with Crippen LogP contribution in [0.2, 0.25) is 0 Å². The summed E-state index contributed by atoms with van der Waals surface area (Å²) in [5.74, 6) is 1.15. The first kappa shape index (κ1) is 12.9. The molecule has 78 valence electrons. The zero-order valence-electron chi connectivity index (χ0n) is 9.72. The zero-order valence-corrected chi connectivity index (χ0v) is 10.5. The van der Waals surface area contributed by atoms with E-state index >= 15 is 0 Å². The number of rotatable bonds is 4. The third-order valence-corrected chi connectivity index (χ3v) is 2.65. The van der Waals surface area contributed by atoms with Crippen molar-refractivity contribution in [1.29, 1.82) is 0 Å². The Morgan fingerprint density at radius 1 is 1.00 bits per heavy atom. The van der Waals surface area contributed by atoms with Gasteiger partial charge in [0, 0.05) is 0 Å². The van der Waals surface area contributed by atoms with Gasteiger partial charge < -0.3 is 0 Å². The molecule has 0 aromatic rings. The van der Waals surface area contributed by atoms with E-state index in [1.807, 2.05) is 11.8 Å². The summed E-state index contributed by atoms with van der Waals surface area (Å²) in [6, 6.07) is 0. The molecule has 0 N–H and O–H groups in total. The number of azo groups is 1. The summed E-state index contributed by atoms with van der Waals surface area (Å²) < 4.78 is 0. The lowest BCUT2D eigenvalue weighted by Gasteiger charge is -2.19. The quantitative estimate of drug-likeness (QED) is 0.629. The normalized spacial score (nSPS) is 14.0. The molecule has 0 unspecified atom stereocenters. The van der Waals surface area contributed by atoms with Gasteiger partial charge in [-0.3, -0.25) is 0 Å². The van der Waals surface area contributed by atoms with Crippen LogP contribution in [-0.2, 0) is 0 Å². The predicted octanol–water partition coefficient (Wildman–Crippen LogP) is 4.12. The fourth-order valence-electron chi connectivity index (χ4n) is 0.651. The van der Waals surface area contributed by atoms with Gasteiger partial charge in [-0.1, -0.05) is 6.92 Å². The molecule has 2 nitrogen and oxygen atoms in total. The Balaban J connectivity index is 4.08. The van der Waals surface area contributed by atoms with Crippen LogP contribution in [0.5, 0.6) is 0 Å². The first-order valence-electron chi connectivity index (χ1n) is 4.85. The third-order valence-electron chi connectivity index (χ3n) is 1.25. The Bertz CT molecular complexity index is 168. The van der Waals surface area contributed by atoms with Crippen LogP contribution in [0.3, 0.4) is 0 Å². The fraction of sp³-hybridized carbons (Fsp3) is 1.00. The minimum atomic E-state index is -0.0662. The molecule has 0 radical (unpaired) electrons. The molecule has 0 aliphatic heterocycles. The molecule has 0 saturated heterocycles. The highest BCUT2D eigenvalue weighted by molar-refractivity contribution is 8.00. The second-order valence-electron chi connectivity index (χ2n) is 4.67. The Labute approximate surface area is 86.6 Å². The molecular weight excluding hydrogens is 180 g/mol. The SMILES string of the molecule is CCCSC(C)(C)/N=N/C(C)(C)C. The van der Waals surface area contributed by atoms with E-state index in [9.17, 15) is 0 Å². The van der Waals surface area contributed by atoms with E-state index in [0.717, 1.165) is 5.75 Å². The Morgan fingerprint density at radius 3 is 1.92 bits per heavy atom. The van der Waals surface area contributed by atoms with Crippen LogP contribution >= 0.6 is 11.8 Å². The van der Waals surface area contributed by atoms with Crippen LogP contribution in [0, 0.1) is 0 Å². The van der Waals surface area contributed by atoms with Crippen molar-refractivity contribution in [2.45, 2.75) is 58.4 Å². The van der Waals surface area contributed by atoms with E-state index in [1.54, 1.807) is 0 Å². The fourth-order valence-corrected chi connectivity index (χ4v) is 1.45. The standard InChI is InChI=1S/C10H22N2S/c1-7-8-13-10(5,6)12-11-9(2,3)4/h7-8H2,1-6H3/b12-11+. The maximum absolute atomic E-state index is 4.35. The van der Waals surface area contributed by atoms with E-state index in [4.69, 9.17) is 0 Å². The van der Waals surface area contributed by atoms with E-state index in [1.165, 1.54) is 6.42 Å². The molecule has 0 aliphatic carbocycles. The molecule has 3 heteroatoms. The summed E-state index contributed by atoms with van der Waals surface area (Å²) in [6.45, 7) is 12.6. The maximum Gasteiger partial charge on any atom is 0.121 e. The average Bonchev–Trinajstić information content (AvgIpc) is 1.97. The first-order valence-corrected chi connectivity index (χ1v) is 5.83. The lowest BCUT2D eigenvalue weighted by Crippen LogP contribution is -2.15. The van der Waals surface area contributed by atoms with Gasteiger partial charge in [0.25, 0.3) is 0 Å². The van der Waals surface area contributed by atoms with E-state index in [0.29, 0.717) is 0 Å². The highest BCUT2D eigenvalue weighted by Gasteiger charge is 2.18. The Morgan fingerprint density at radius 2 is 1.54 bits per heavy atom. The number of nitrogens with zero attached hydrogens (tertiary/aromatic N) is 2. The predicted molar refractivity (Wildman–Crippen MR) is 61.4 cm³/mol. The molecular formula is C10H22N2S. The molecule has 0 heterocycles. The van der Waals surface area contributed by atoms with Crippen molar-refractivity contribution in [2.24, 2.45) is 10.2 Å². The second-order valence-corrected chi connectivity index (χ2v) is 6.36. The van der Waals surface area contributed by atoms with Crippen LogP contribution < -0.4 is 0 Å². The zero-order chi connectivity index (χ0) is 10.5. The number of hydrogen-bond acceptors (Lipinski definition) is 3. The van der Waals surface area contributed by atoms with Crippen molar-refractivity contribution in [3.63, 3.8) is 0 Å². The van der Waals surface area contributed by atoms with Crippen molar-refractivity contribution in [3.8, 4) is 0 Å². The third kappa shape index (κ3) is 8.28. The van der Waals surface area contributed by atoms with Gasteiger partial charge in [0.05, 0.1) is 5.54 Å². The molecule has 0 aliphatic rings. The molecule has 0 saturated carbocycles. The van der Waals surface area contributed by atoms with Crippen molar-refractivity contribution in [2.75, 3.05) is 5.75 Å². The van der Waals surface area contributed by atoms with Gasteiger partial charge >= 0.3 is 0 Å². The highest BCUT2D eigenvalue weighted by atomic mass is 32.2. The Hall–Kier alpha value is -0.0500. The second kappa shape index (κ2) is 4.99. The molecule has 0 amide bonds. The molecule has 0 bridgehead atoms. The largest absolute Gasteiger partial charge is 0.187 e. The van der Waals surface area contributed by atoms with Crippen LogP contribution in [0.4, 0.5) is 0 Å². The minimum Gasteiger partial charge on any atom is -0.187 e. The minimum absolute atomic E-state index is 0.0515. The Kier molecular flexibility index (Phi) is 4.97. The van der Waals surface area contributed by atoms with Gasteiger partial charge in [-0.2, -0.15) is 10.2 Å². The van der Waals surface area contributed by atoms with Crippen LogP contribution in [0.15, 0.2) is 10.2 Å². The molecule has 0 aromatic carbocycles. The molecule has 0 aromatic heterocycles. The van der Waals surface area contributed by atoms with Crippen LogP contribution in [0.1, 0.15) is 48.0 Å². The van der Waals surface area contributed by atoms with Gasteiger partial charge in [0.15, 0.2) is 0 Å². The van der Waals surface area contributed by atoms with E-state index in [2.05, 4.69) is 51.8 Å². The van der Waals surface area contributed by atoms with Crippen molar-refractivity contribution < 1.29 is 0 Å². The smallest absolute Gasteiger partial charge is 0.121 e. The van der Waals surface area contributed by atoms with Crippen molar-refractivity contribution >= 4 is 11.8 Å². The van der Waals surface area contributed by atoms with Gasteiger partial charge in [-0.05, 0) is 46.8 Å². The summed E-state index contributed by atoms with van der Waals surface area (Å²) in [5, 5.41) is 8.64.